The van der Waals surface area contributed by atoms with Crippen LogP contribution in [-0.4, -0.2) is 38.8 Å². The Balaban J connectivity index is 1.84. The van der Waals surface area contributed by atoms with Gasteiger partial charge in [-0.05, 0) is 50.8 Å². The molecule has 0 spiro atoms. The first-order valence-corrected chi connectivity index (χ1v) is 9.50. The molecule has 6 nitrogen and oxygen atoms in total. The Kier molecular flexibility index (Phi) is 4.33. The monoisotopic (exact) mass is 338 g/mol. The van der Waals surface area contributed by atoms with Crippen molar-refractivity contribution in [1.82, 2.24) is 0 Å². The molecule has 0 aromatic heterocycles. The largest absolute Gasteiger partial charge is 0.368 e. The van der Waals surface area contributed by atoms with E-state index in [1.54, 1.807) is 30.9 Å². The van der Waals surface area contributed by atoms with Crippen LogP contribution in [-0.2, 0) is 26.0 Å². The van der Waals surface area contributed by atoms with Crippen molar-refractivity contribution in [2.75, 3.05) is 22.8 Å². The zero-order valence-electron chi connectivity index (χ0n) is 13.4. The van der Waals surface area contributed by atoms with Crippen LogP contribution in [0.3, 0.4) is 0 Å². The standard InChI is InChI=1S/C16H22N2O4S/c1-11(2)23(20,21)17-13-6-5-12-7-8-18(14(12)10-13)16(19)15-4-3-9-22-15/h5-6,10-11,15,17H,3-4,7-9H2,1-2H3. The molecular formula is C16H22N2O4S. The Labute approximate surface area is 136 Å². The number of ether oxygens (including phenoxy) is 1. The van der Waals surface area contributed by atoms with Crippen molar-refractivity contribution in [3.63, 3.8) is 0 Å². The first-order chi connectivity index (χ1) is 10.9. The summed E-state index contributed by atoms with van der Waals surface area (Å²) in [4.78, 5) is 14.3. The molecule has 0 radical (unpaired) electrons. The van der Waals surface area contributed by atoms with Crippen LogP contribution in [0.5, 0.6) is 0 Å². The van der Waals surface area contributed by atoms with E-state index in [1.165, 1.54) is 0 Å². The molecule has 0 saturated carbocycles. The summed E-state index contributed by atoms with van der Waals surface area (Å²) in [7, 11) is -3.40. The van der Waals surface area contributed by atoms with E-state index in [0.717, 1.165) is 30.5 Å². The minimum Gasteiger partial charge on any atom is -0.368 e. The highest BCUT2D eigenvalue weighted by Gasteiger charge is 2.33. The zero-order valence-corrected chi connectivity index (χ0v) is 14.2. The number of hydrogen-bond donors (Lipinski definition) is 1. The van der Waals surface area contributed by atoms with Crippen molar-refractivity contribution in [3.8, 4) is 0 Å². The van der Waals surface area contributed by atoms with Gasteiger partial charge in [-0.1, -0.05) is 6.07 Å². The summed E-state index contributed by atoms with van der Waals surface area (Å²) >= 11 is 0. The van der Waals surface area contributed by atoms with Crippen molar-refractivity contribution in [2.24, 2.45) is 0 Å². The third-order valence-electron chi connectivity index (χ3n) is 4.33. The molecule has 1 unspecified atom stereocenters. The van der Waals surface area contributed by atoms with Gasteiger partial charge in [0.1, 0.15) is 6.10 Å². The molecule has 1 saturated heterocycles. The van der Waals surface area contributed by atoms with E-state index in [4.69, 9.17) is 4.74 Å². The van der Waals surface area contributed by atoms with E-state index in [0.29, 0.717) is 18.8 Å². The van der Waals surface area contributed by atoms with Crippen LogP contribution in [0.1, 0.15) is 32.3 Å². The molecule has 2 aliphatic rings. The van der Waals surface area contributed by atoms with Gasteiger partial charge in [-0.3, -0.25) is 9.52 Å². The molecule has 1 aromatic rings. The lowest BCUT2D eigenvalue weighted by Crippen LogP contribution is -2.37. The average Bonchev–Trinajstić information content (AvgIpc) is 3.15. The molecule has 1 N–H and O–H groups in total. The SMILES string of the molecule is CC(C)S(=O)(=O)Nc1ccc2c(c1)N(C(=O)C1CCCO1)CC2. The third-order valence-corrected chi connectivity index (χ3v) is 6.09. The summed E-state index contributed by atoms with van der Waals surface area (Å²) in [5.41, 5.74) is 2.34. The van der Waals surface area contributed by atoms with E-state index in [1.807, 2.05) is 6.07 Å². The fraction of sp³-hybridized carbons (Fsp3) is 0.562. The lowest BCUT2D eigenvalue weighted by Gasteiger charge is -2.21. The number of anilines is 2. The quantitative estimate of drug-likeness (QED) is 0.910. The molecule has 1 atom stereocenters. The highest BCUT2D eigenvalue weighted by atomic mass is 32.2. The summed E-state index contributed by atoms with van der Waals surface area (Å²) in [6, 6.07) is 5.38. The van der Waals surface area contributed by atoms with Crippen LogP contribution >= 0.6 is 0 Å². The maximum atomic E-state index is 12.6. The topological polar surface area (TPSA) is 75.7 Å². The number of amides is 1. The number of fused-ring (bicyclic) bond motifs is 1. The van der Waals surface area contributed by atoms with Crippen LogP contribution in [0.2, 0.25) is 0 Å². The number of hydrogen-bond acceptors (Lipinski definition) is 4. The fourth-order valence-corrected chi connectivity index (χ4v) is 3.59. The molecule has 23 heavy (non-hydrogen) atoms. The Bertz CT molecular complexity index is 709. The van der Waals surface area contributed by atoms with E-state index in [-0.39, 0.29) is 12.0 Å². The Morgan fingerprint density at radius 1 is 1.39 bits per heavy atom. The predicted molar refractivity (Wildman–Crippen MR) is 89.2 cm³/mol. The molecule has 7 heteroatoms. The van der Waals surface area contributed by atoms with Gasteiger partial charge in [-0.15, -0.1) is 0 Å². The Morgan fingerprint density at radius 3 is 2.83 bits per heavy atom. The molecule has 0 aliphatic carbocycles. The predicted octanol–water partition coefficient (Wildman–Crippen LogP) is 1.90. The van der Waals surface area contributed by atoms with Crippen molar-refractivity contribution >= 4 is 27.3 Å². The maximum absolute atomic E-state index is 12.6. The zero-order chi connectivity index (χ0) is 16.6. The van der Waals surface area contributed by atoms with Gasteiger partial charge in [0.2, 0.25) is 10.0 Å². The molecule has 1 amide bonds. The van der Waals surface area contributed by atoms with E-state index in [2.05, 4.69) is 4.72 Å². The summed E-state index contributed by atoms with van der Waals surface area (Å²) in [6.45, 7) is 4.51. The van der Waals surface area contributed by atoms with Crippen molar-refractivity contribution in [3.05, 3.63) is 23.8 Å². The van der Waals surface area contributed by atoms with Gasteiger partial charge < -0.3 is 9.64 Å². The van der Waals surface area contributed by atoms with Gasteiger partial charge in [0.05, 0.1) is 10.9 Å². The minimum absolute atomic E-state index is 0.0230. The molecular weight excluding hydrogens is 316 g/mol. The molecule has 0 bridgehead atoms. The number of carbonyl (C=O) groups excluding carboxylic acids is 1. The van der Waals surface area contributed by atoms with Crippen LogP contribution < -0.4 is 9.62 Å². The molecule has 2 heterocycles. The second-order valence-electron chi connectivity index (χ2n) is 6.28. The average molecular weight is 338 g/mol. The highest BCUT2D eigenvalue weighted by Crippen LogP contribution is 2.33. The van der Waals surface area contributed by atoms with E-state index < -0.39 is 15.3 Å². The Morgan fingerprint density at radius 2 is 2.17 bits per heavy atom. The number of sulfonamides is 1. The molecule has 1 fully saturated rings. The van der Waals surface area contributed by atoms with Crippen molar-refractivity contribution < 1.29 is 17.9 Å². The smallest absolute Gasteiger partial charge is 0.256 e. The van der Waals surface area contributed by atoms with Crippen LogP contribution in [0.4, 0.5) is 11.4 Å². The second kappa shape index (κ2) is 6.13. The summed E-state index contributed by atoms with van der Waals surface area (Å²) < 4.78 is 32.1. The molecule has 126 valence electrons. The third kappa shape index (κ3) is 3.21. The van der Waals surface area contributed by atoms with E-state index >= 15 is 0 Å². The number of carbonyl (C=O) groups is 1. The van der Waals surface area contributed by atoms with Gasteiger partial charge in [-0.2, -0.15) is 0 Å². The van der Waals surface area contributed by atoms with Crippen LogP contribution in [0.25, 0.3) is 0 Å². The normalized spacial score (nSPS) is 20.8. The summed E-state index contributed by atoms with van der Waals surface area (Å²) in [5.74, 6) is -0.0230. The molecule has 2 aliphatic heterocycles. The van der Waals surface area contributed by atoms with Gasteiger partial charge >= 0.3 is 0 Å². The lowest BCUT2D eigenvalue weighted by molar-refractivity contribution is -0.127. The van der Waals surface area contributed by atoms with Gasteiger partial charge in [0.15, 0.2) is 0 Å². The maximum Gasteiger partial charge on any atom is 0.256 e. The number of nitrogens with one attached hydrogen (secondary N) is 1. The Hall–Kier alpha value is -1.60. The van der Waals surface area contributed by atoms with E-state index in [9.17, 15) is 13.2 Å². The number of rotatable bonds is 4. The molecule has 1 aromatic carbocycles. The first-order valence-electron chi connectivity index (χ1n) is 7.96. The molecule has 3 rings (SSSR count). The first kappa shape index (κ1) is 16.3. The van der Waals surface area contributed by atoms with Gasteiger partial charge in [0, 0.05) is 18.8 Å². The van der Waals surface area contributed by atoms with Crippen molar-refractivity contribution in [2.45, 2.75) is 44.5 Å². The van der Waals surface area contributed by atoms with Crippen LogP contribution in [0, 0.1) is 0 Å². The number of benzene rings is 1. The van der Waals surface area contributed by atoms with Gasteiger partial charge in [-0.25, -0.2) is 8.42 Å². The van der Waals surface area contributed by atoms with Crippen molar-refractivity contribution in [1.29, 1.82) is 0 Å². The lowest BCUT2D eigenvalue weighted by atomic mass is 10.1. The van der Waals surface area contributed by atoms with Gasteiger partial charge in [0.25, 0.3) is 5.91 Å². The number of nitrogens with zero attached hydrogens (tertiary/aromatic N) is 1. The fourth-order valence-electron chi connectivity index (χ4n) is 2.90. The summed E-state index contributed by atoms with van der Waals surface area (Å²) in [6.07, 6.45) is 2.08. The summed E-state index contributed by atoms with van der Waals surface area (Å²) in [5, 5.41) is -0.514. The highest BCUT2D eigenvalue weighted by molar-refractivity contribution is 7.93. The second-order valence-corrected chi connectivity index (χ2v) is 8.52. The minimum atomic E-state index is -3.40. The van der Waals surface area contributed by atoms with Crippen LogP contribution in [0.15, 0.2) is 18.2 Å².